The van der Waals surface area contributed by atoms with Crippen molar-refractivity contribution in [1.29, 1.82) is 0 Å². The van der Waals surface area contributed by atoms with Gasteiger partial charge in [-0.25, -0.2) is 0 Å². The van der Waals surface area contributed by atoms with Crippen LogP contribution in [0.15, 0.2) is 127 Å². The largest absolute Gasteiger partial charge is 0.491 e. The molecule has 0 aliphatic carbocycles. The Hall–Kier alpha value is -8.46. The molecule has 0 unspecified atom stereocenters. The zero-order chi connectivity index (χ0) is 69.9. The number of nitrogens with zero attached hydrogens (tertiary/aromatic N) is 3. The highest BCUT2D eigenvalue weighted by atomic mass is 16.5. The number of para-hydroxylation sites is 3. The SMILES string of the molecule is CN(C(=O)CC(=O)NCCOc1c(C(c2cc(C(C)(C)C)cc(C(C)(C)C)c2OCCNC(=O)CC(=O)N(C)c2ccccc2)c2cc(C(C)(C)C)cc(C(C)(C)C)c2OCCNC(=O)CC(=O)N(C)c2ccccc2)cc(C(C)(C)C)cc1C(C)(C)C)c1ccccc1. The molecule has 0 atom stereocenters. The minimum absolute atomic E-state index is 0.0378. The second-order valence-corrected chi connectivity index (χ2v) is 30.7. The van der Waals surface area contributed by atoms with Gasteiger partial charge in [-0.15, -0.1) is 0 Å². The van der Waals surface area contributed by atoms with Crippen LogP contribution in [0.1, 0.15) is 200 Å². The number of rotatable bonds is 24. The van der Waals surface area contributed by atoms with Gasteiger partial charge in [-0.3, -0.25) is 28.8 Å². The molecule has 6 amide bonds. The second kappa shape index (κ2) is 30.7. The molecular weight excluding hydrogens is 1180 g/mol. The summed E-state index contributed by atoms with van der Waals surface area (Å²) in [6, 6.07) is 41.0. The molecule has 0 bridgehead atoms. The Bertz CT molecular complexity index is 3240. The molecule has 0 radical (unpaired) electrons. The van der Waals surface area contributed by atoms with Crippen molar-refractivity contribution < 1.29 is 43.0 Å². The molecule has 506 valence electrons. The van der Waals surface area contributed by atoms with Gasteiger partial charge >= 0.3 is 0 Å². The minimum Gasteiger partial charge on any atom is -0.491 e. The molecule has 3 N–H and O–H groups in total. The zero-order valence-corrected chi connectivity index (χ0v) is 60.1. The van der Waals surface area contributed by atoms with Crippen molar-refractivity contribution in [2.75, 3.05) is 75.3 Å². The molecule has 0 saturated heterocycles. The van der Waals surface area contributed by atoms with Gasteiger partial charge in [0.05, 0.1) is 19.6 Å². The van der Waals surface area contributed by atoms with E-state index in [2.05, 4.69) is 177 Å². The number of benzene rings is 6. The Morgan fingerprint density at radius 3 is 0.766 bits per heavy atom. The standard InChI is InChI=1S/C79H106N6O9/c1-74(2,3)52-43-58(71(61(46-52)77(10,11)12)92-40-37-80-64(86)49-67(89)83(19)55-31-25-22-26-32-55)70(59-44-53(75(4,5)6)47-62(78(13,14)15)72(59)93-41-38-81-65(87)50-68(90)84(20)56-33-27-23-28-34-56)60-45-54(76(7,8)9)48-63(79(16,17)18)73(60)94-42-39-82-66(88)51-69(91)85(21)57-35-29-24-30-36-57/h22-36,43-48,70H,37-42,49-51H2,1-21H3,(H,80,86)(H,81,87)(H,82,88). The van der Waals surface area contributed by atoms with E-state index >= 15 is 0 Å². The first-order chi connectivity index (χ1) is 43.7. The molecule has 0 spiro atoms. The minimum atomic E-state index is -0.752. The average molecular weight is 1280 g/mol. The Labute approximate surface area is 561 Å². The van der Waals surface area contributed by atoms with E-state index in [9.17, 15) is 28.8 Å². The molecule has 94 heavy (non-hydrogen) atoms. The highest BCUT2D eigenvalue weighted by Crippen LogP contribution is 2.54. The van der Waals surface area contributed by atoms with Gasteiger partial charge in [-0.2, -0.15) is 0 Å². The van der Waals surface area contributed by atoms with Crippen molar-refractivity contribution in [1.82, 2.24) is 16.0 Å². The number of carbonyl (C=O) groups is 6. The van der Waals surface area contributed by atoms with Crippen LogP contribution in [0.2, 0.25) is 0 Å². The lowest BCUT2D eigenvalue weighted by Crippen LogP contribution is -2.35. The van der Waals surface area contributed by atoms with Crippen LogP contribution >= 0.6 is 0 Å². The Kier molecular flexibility index (Phi) is 24.4. The summed E-state index contributed by atoms with van der Waals surface area (Å²) in [6.45, 7) is 39.6. The van der Waals surface area contributed by atoms with Gasteiger partial charge in [-0.1, -0.05) is 216 Å². The van der Waals surface area contributed by atoms with Crippen LogP contribution in [0, 0.1) is 0 Å². The first kappa shape index (κ1) is 74.6. The molecule has 0 heterocycles. The Morgan fingerprint density at radius 1 is 0.340 bits per heavy atom. The third-order valence-corrected chi connectivity index (χ3v) is 16.8. The molecule has 0 aliphatic rings. The van der Waals surface area contributed by atoms with Gasteiger partial charge in [0.15, 0.2) is 0 Å². The van der Waals surface area contributed by atoms with E-state index in [0.29, 0.717) is 34.3 Å². The van der Waals surface area contributed by atoms with Crippen molar-refractivity contribution in [2.24, 2.45) is 0 Å². The lowest BCUT2D eigenvalue weighted by molar-refractivity contribution is -0.129. The predicted molar refractivity (Wildman–Crippen MR) is 381 cm³/mol. The number of ether oxygens (including phenoxy) is 3. The molecule has 15 heteroatoms. The van der Waals surface area contributed by atoms with E-state index in [-0.39, 0.29) is 76.4 Å². The normalized spacial score (nSPS) is 12.2. The molecule has 15 nitrogen and oxygen atoms in total. The summed E-state index contributed by atoms with van der Waals surface area (Å²) in [5, 5.41) is 8.93. The van der Waals surface area contributed by atoms with E-state index < -0.39 is 56.1 Å². The summed E-state index contributed by atoms with van der Waals surface area (Å²) >= 11 is 0. The van der Waals surface area contributed by atoms with Gasteiger partial charge < -0.3 is 44.9 Å². The Balaban J connectivity index is 1.61. The van der Waals surface area contributed by atoms with Crippen molar-refractivity contribution in [3.8, 4) is 17.2 Å². The monoisotopic (exact) mass is 1280 g/mol. The van der Waals surface area contributed by atoms with Gasteiger partial charge in [0.1, 0.15) is 56.3 Å². The van der Waals surface area contributed by atoms with E-state index in [1.807, 2.05) is 91.0 Å². The lowest BCUT2D eigenvalue weighted by Gasteiger charge is -2.37. The summed E-state index contributed by atoms with van der Waals surface area (Å²) < 4.78 is 21.8. The van der Waals surface area contributed by atoms with Crippen molar-refractivity contribution in [2.45, 2.75) is 182 Å². The molecule has 6 aromatic rings. The molecule has 0 fully saturated rings. The number of hydrogen-bond donors (Lipinski definition) is 3. The van der Waals surface area contributed by atoms with Crippen LogP contribution in [0.4, 0.5) is 17.1 Å². The maximum absolute atomic E-state index is 13.7. The maximum Gasteiger partial charge on any atom is 0.236 e. The van der Waals surface area contributed by atoms with Crippen LogP contribution in [0.25, 0.3) is 0 Å². The fraction of sp³-hybridized carbons (Fsp3) is 0.468. The van der Waals surface area contributed by atoms with E-state index in [0.717, 1.165) is 50.1 Å². The predicted octanol–water partition coefficient (Wildman–Crippen LogP) is 14.3. The number of anilines is 3. The van der Waals surface area contributed by atoms with Crippen LogP contribution < -0.4 is 44.9 Å². The number of amides is 6. The quantitative estimate of drug-likeness (QED) is 0.0302. The molecular formula is C79H106N6O9. The molecule has 6 aromatic carbocycles. The topological polar surface area (TPSA) is 176 Å². The first-order valence-corrected chi connectivity index (χ1v) is 32.9. The van der Waals surface area contributed by atoms with Crippen molar-refractivity contribution in [3.63, 3.8) is 0 Å². The first-order valence-electron chi connectivity index (χ1n) is 32.9. The highest BCUT2D eigenvalue weighted by Gasteiger charge is 2.39. The molecule has 0 aromatic heterocycles. The zero-order valence-electron chi connectivity index (χ0n) is 60.1. The van der Waals surface area contributed by atoms with E-state index in [1.165, 1.54) is 14.7 Å². The second-order valence-electron chi connectivity index (χ2n) is 30.7. The third-order valence-electron chi connectivity index (χ3n) is 16.8. The van der Waals surface area contributed by atoms with Crippen LogP contribution in [-0.4, -0.2) is 96.0 Å². The summed E-state index contributed by atoms with van der Waals surface area (Å²) in [5.74, 6) is -1.34. The average Bonchev–Trinajstić information content (AvgIpc) is 0.731. The maximum atomic E-state index is 13.7. The highest BCUT2D eigenvalue weighted by molar-refractivity contribution is 6.06. The molecule has 0 saturated carbocycles. The molecule has 0 aliphatic heterocycles. The van der Waals surface area contributed by atoms with Crippen LogP contribution in [-0.2, 0) is 61.3 Å². The van der Waals surface area contributed by atoms with Crippen molar-refractivity contribution >= 4 is 52.5 Å². The van der Waals surface area contributed by atoms with Gasteiger partial charge in [0.2, 0.25) is 35.4 Å². The summed E-state index contributed by atoms with van der Waals surface area (Å²) in [4.78, 5) is 85.8. The summed E-state index contributed by atoms with van der Waals surface area (Å²) in [5.41, 5.74) is 7.57. The van der Waals surface area contributed by atoms with Crippen molar-refractivity contribution in [3.05, 3.63) is 177 Å². The fourth-order valence-electron chi connectivity index (χ4n) is 10.9. The van der Waals surface area contributed by atoms with Gasteiger partial charge in [0.25, 0.3) is 0 Å². The summed E-state index contributed by atoms with van der Waals surface area (Å²) in [6.07, 6.45) is -1.09. The molecule has 6 rings (SSSR count). The fourth-order valence-corrected chi connectivity index (χ4v) is 10.9. The van der Waals surface area contributed by atoms with E-state index in [4.69, 9.17) is 14.2 Å². The number of hydrogen-bond acceptors (Lipinski definition) is 9. The van der Waals surface area contributed by atoms with Crippen LogP contribution in [0.3, 0.4) is 0 Å². The summed E-state index contributed by atoms with van der Waals surface area (Å²) in [7, 11) is 4.96. The van der Waals surface area contributed by atoms with E-state index in [1.54, 1.807) is 21.1 Å². The third kappa shape index (κ3) is 20.0. The lowest BCUT2D eigenvalue weighted by atomic mass is 9.70. The Morgan fingerprint density at radius 2 is 0.564 bits per heavy atom. The number of carbonyl (C=O) groups excluding carboxylic acids is 6. The smallest absolute Gasteiger partial charge is 0.236 e. The van der Waals surface area contributed by atoms with Gasteiger partial charge in [0, 0.05) is 77.5 Å². The van der Waals surface area contributed by atoms with Crippen LogP contribution in [0.5, 0.6) is 17.2 Å². The number of nitrogens with one attached hydrogen (secondary N) is 3. The van der Waals surface area contributed by atoms with Gasteiger partial charge in [-0.05, 0) is 85.6 Å².